The van der Waals surface area contributed by atoms with Gasteiger partial charge in [0.15, 0.2) is 0 Å². The third kappa shape index (κ3) is 7.48. The molecule has 0 saturated heterocycles. The van der Waals surface area contributed by atoms with E-state index in [9.17, 15) is 0 Å². The molecule has 0 atom stereocenters. The summed E-state index contributed by atoms with van der Waals surface area (Å²) in [7, 11) is 0. The van der Waals surface area contributed by atoms with Crippen LogP contribution in [0.3, 0.4) is 0 Å². The summed E-state index contributed by atoms with van der Waals surface area (Å²) in [4.78, 5) is 0. The molecule has 7 aromatic rings. The van der Waals surface area contributed by atoms with Gasteiger partial charge in [0, 0.05) is 0 Å². The first-order valence-corrected chi connectivity index (χ1v) is 15.8. The summed E-state index contributed by atoms with van der Waals surface area (Å²) in [6, 6.07) is 44.3. The molecule has 0 heterocycles. The molecule has 0 aromatic heterocycles. The summed E-state index contributed by atoms with van der Waals surface area (Å²) in [5, 5.41) is 12.4. The molecule has 0 amide bonds. The SMILES string of the molecule is Clc1cccc([C](=[Zr+2])c2cccc(Cl)c2)c1.[C-]1=CC=CC1.[Cl-].[Cl-].c1ccc2c(c1)[cH-]c1c3ccccc3c3ccccc3c21. The second-order valence-corrected chi connectivity index (χ2v) is 12.1. The molecule has 0 N–H and O–H groups in total. The van der Waals surface area contributed by atoms with Crippen molar-refractivity contribution in [2.45, 2.75) is 6.42 Å². The van der Waals surface area contributed by atoms with Crippen LogP contribution < -0.4 is 24.8 Å². The topological polar surface area (TPSA) is 0 Å². The van der Waals surface area contributed by atoms with E-state index >= 15 is 0 Å². The van der Waals surface area contributed by atoms with Crippen molar-refractivity contribution in [3.8, 4) is 0 Å². The van der Waals surface area contributed by atoms with Crippen molar-refractivity contribution < 1.29 is 49.0 Å². The van der Waals surface area contributed by atoms with Crippen molar-refractivity contribution >= 4 is 69.5 Å². The molecular weight excluding hydrogens is 701 g/mol. The fourth-order valence-electron chi connectivity index (χ4n) is 5.41. The van der Waals surface area contributed by atoms with Gasteiger partial charge in [0.2, 0.25) is 0 Å². The zero-order chi connectivity index (χ0) is 28.9. The van der Waals surface area contributed by atoms with Gasteiger partial charge in [-0.3, -0.25) is 6.08 Å². The molecule has 216 valence electrons. The number of hydrogen-bond acceptors (Lipinski definition) is 0. The zero-order valence-electron chi connectivity index (χ0n) is 23.6. The Kier molecular flexibility index (Phi) is 12.3. The third-order valence-electron chi connectivity index (χ3n) is 7.32. The molecular formula is C39H26Cl4Zr-2. The molecule has 7 aromatic carbocycles. The zero-order valence-corrected chi connectivity index (χ0v) is 29.1. The van der Waals surface area contributed by atoms with Crippen molar-refractivity contribution in [3.05, 3.63) is 173 Å². The Balaban J connectivity index is 0.000000171. The van der Waals surface area contributed by atoms with E-state index in [1.54, 1.807) is 0 Å². The fourth-order valence-corrected chi connectivity index (χ4v) is 6.55. The van der Waals surface area contributed by atoms with Crippen molar-refractivity contribution in [3.63, 3.8) is 0 Å². The van der Waals surface area contributed by atoms with Crippen LogP contribution in [0.15, 0.2) is 146 Å². The summed E-state index contributed by atoms with van der Waals surface area (Å²) >= 11 is 13.3. The Hall–Kier alpha value is -2.90. The van der Waals surface area contributed by atoms with Crippen molar-refractivity contribution in [1.82, 2.24) is 0 Å². The number of benzene rings is 6. The minimum Gasteiger partial charge on any atom is -1.00 e. The summed E-state index contributed by atoms with van der Waals surface area (Å²) in [5.74, 6) is 0. The van der Waals surface area contributed by atoms with Crippen LogP contribution in [0.2, 0.25) is 10.0 Å². The van der Waals surface area contributed by atoms with Crippen LogP contribution in [0.5, 0.6) is 0 Å². The number of fused-ring (bicyclic) bond motifs is 8. The molecule has 5 heteroatoms. The minimum atomic E-state index is 0. The largest absolute Gasteiger partial charge is 1.00 e. The molecule has 1 aliphatic carbocycles. The van der Waals surface area contributed by atoms with E-state index in [0.29, 0.717) is 0 Å². The van der Waals surface area contributed by atoms with Crippen LogP contribution in [0, 0.1) is 6.08 Å². The predicted molar refractivity (Wildman–Crippen MR) is 180 cm³/mol. The maximum atomic E-state index is 5.98. The van der Waals surface area contributed by atoms with Gasteiger partial charge in [-0.2, -0.15) is 6.08 Å². The summed E-state index contributed by atoms with van der Waals surface area (Å²) in [6.45, 7) is 0. The van der Waals surface area contributed by atoms with E-state index in [0.717, 1.165) is 27.6 Å². The van der Waals surface area contributed by atoms with Crippen LogP contribution in [0.25, 0.3) is 43.1 Å². The molecule has 0 aliphatic heterocycles. The standard InChI is InChI=1S/C21H13.C13H8Cl2.C5H5.2ClH.Zr/c1-2-8-15-14(7-1)13-20-18-11-4-3-9-16(18)17-10-5-6-12-19(17)21(15)20;14-12-5-1-3-10(8-12)7-11-4-2-6-13(15)9-11;1-2-4-5-3-1;;;/h1-13H;1-6,8-9H;1-3H,4H2;2*1H;/q-1;;-1;;;+2/p-2. The molecule has 0 radical (unpaired) electrons. The molecule has 8 rings (SSSR count). The first kappa shape index (κ1) is 34.0. The van der Waals surface area contributed by atoms with Gasteiger partial charge in [-0.05, 0) is 10.8 Å². The van der Waals surface area contributed by atoms with Crippen LogP contribution in [0.1, 0.15) is 17.5 Å². The summed E-state index contributed by atoms with van der Waals surface area (Å²) < 4.78 is 1.26. The number of halogens is 4. The van der Waals surface area contributed by atoms with Crippen molar-refractivity contribution in [2.75, 3.05) is 0 Å². The fraction of sp³-hybridized carbons (Fsp3) is 0.0256. The van der Waals surface area contributed by atoms with Gasteiger partial charge in [-0.1, -0.05) is 77.5 Å². The third-order valence-corrected chi connectivity index (χ3v) is 9.20. The average Bonchev–Trinajstić information content (AvgIpc) is 3.74. The predicted octanol–water partition coefficient (Wildman–Crippen LogP) is 5.44. The van der Waals surface area contributed by atoms with Gasteiger partial charge in [0.1, 0.15) is 0 Å². The maximum Gasteiger partial charge on any atom is -0.0255 e. The molecule has 0 spiro atoms. The van der Waals surface area contributed by atoms with E-state index in [4.69, 9.17) is 23.2 Å². The van der Waals surface area contributed by atoms with E-state index in [1.807, 2.05) is 48.6 Å². The Labute approximate surface area is 295 Å². The van der Waals surface area contributed by atoms with E-state index < -0.39 is 0 Å². The second-order valence-electron chi connectivity index (χ2n) is 10.0. The monoisotopic (exact) mass is 724 g/mol. The van der Waals surface area contributed by atoms with Crippen LogP contribution >= 0.6 is 23.2 Å². The summed E-state index contributed by atoms with van der Waals surface area (Å²) in [5.41, 5.74) is 2.32. The van der Waals surface area contributed by atoms with Gasteiger partial charge in [0.05, 0.1) is 0 Å². The molecule has 0 fully saturated rings. The molecule has 0 unspecified atom stereocenters. The van der Waals surface area contributed by atoms with Crippen LogP contribution in [-0.4, -0.2) is 3.21 Å². The van der Waals surface area contributed by atoms with Gasteiger partial charge in [-0.15, -0.1) is 40.1 Å². The van der Waals surface area contributed by atoms with Gasteiger partial charge in [-0.25, -0.2) is 12.2 Å². The number of allylic oxidation sites excluding steroid dienone is 4. The number of rotatable bonds is 2. The smallest absolute Gasteiger partial charge is 0.0255 e. The van der Waals surface area contributed by atoms with Gasteiger partial charge >= 0.3 is 120 Å². The van der Waals surface area contributed by atoms with Crippen molar-refractivity contribution in [1.29, 1.82) is 0 Å². The Morgan fingerprint density at radius 3 is 1.66 bits per heavy atom. The quantitative estimate of drug-likeness (QED) is 0.165. The maximum absolute atomic E-state index is 5.98. The molecule has 0 bridgehead atoms. The van der Waals surface area contributed by atoms with Gasteiger partial charge < -0.3 is 24.8 Å². The molecule has 0 nitrogen and oxygen atoms in total. The minimum absolute atomic E-state index is 0. The van der Waals surface area contributed by atoms with E-state index in [2.05, 4.69) is 103 Å². The second kappa shape index (κ2) is 15.9. The first-order valence-electron chi connectivity index (χ1n) is 13.8. The molecule has 1 aliphatic rings. The van der Waals surface area contributed by atoms with E-state index in [-0.39, 0.29) is 24.8 Å². The average molecular weight is 728 g/mol. The Morgan fingerprint density at radius 2 is 1.14 bits per heavy atom. The van der Waals surface area contributed by atoms with Crippen LogP contribution in [0.4, 0.5) is 0 Å². The summed E-state index contributed by atoms with van der Waals surface area (Å²) in [6.07, 6.45) is 10.0. The Bertz CT molecular complexity index is 2060. The van der Waals surface area contributed by atoms with Crippen molar-refractivity contribution in [2.24, 2.45) is 0 Å². The Morgan fingerprint density at radius 1 is 0.614 bits per heavy atom. The molecule has 0 saturated carbocycles. The first-order chi connectivity index (χ1) is 20.6. The van der Waals surface area contributed by atoms with Gasteiger partial charge in [0.25, 0.3) is 0 Å². The van der Waals surface area contributed by atoms with E-state index in [1.165, 1.54) is 70.5 Å². The van der Waals surface area contributed by atoms with Crippen LogP contribution in [-0.2, 0) is 24.2 Å². The normalized spacial score (nSPS) is 11.4. The number of hydrogen-bond donors (Lipinski definition) is 0. The molecule has 44 heavy (non-hydrogen) atoms.